The van der Waals surface area contributed by atoms with Gasteiger partial charge in [0.15, 0.2) is 0 Å². The first kappa shape index (κ1) is 13.6. The molecule has 0 radical (unpaired) electrons. The van der Waals surface area contributed by atoms with E-state index in [1.165, 1.54) is 12.8 Å². The van der Waals surface area contributed by atoms with E-state index < -0.39 is 0 Å². The molecule has 0 atom stereocenters. The molecule has 0 aliphatic carbocycles. The van der Waals surface area contributed by atoms with Gasteiger partial charge in [0, 0.05) is 19.3 Å². The Morgan fingerprint density at radius 2 is 1.94 bits per heavy atom. The first-order valence-corrected chi connectivity index (χ1v) is 7.16. The highest BCUT2D eigenvalue weighted by molar-refractivity contribution is 6.16. The van der Waals surface area contributed by atoms with Crippen molar-refractivity contribution in [1.82, 2.24) is 9.97 Å². The standard InChI is InChI=1S/C14H22ClN3/c1-14(2,3)11-4-6-18(7-5-11)13-10-16-9-12(8-15)17-13/h9-11H,4-8H2,1-3H3. The van der Waals surface area contributed by atoms with Gasteiger partial charge in [-0.05, 0) is 24.2 Å². The van der Waals surface area contributed by atoms with Crippen molar-refractivity contribution >= 4 is 17.4 Å². The zero-order valence-corrected chi connectivity index (χ0v) is 12.2. The van der Waals surface area contributed by atoms with Gasteiger partial charge < -0.3 is 4.90 Å². The van der Waals surface area contributed by atoms with E-state index in [0.29, 0.717) is 11.3 Å². The zero-order valence-electron chi connectivity index (χ0n) is 11.5. The average Bonchev–Trinajstić information content (AvgIpc) is 2.38. The lowest BCUT2D eigenvalue weighted by Gasteiger charge is -2.39. The molecule has 0 unspecified atom stereocenters. The van der Waals surface area contributed by atoms with E-state index in [1.807, 2.05) is 6.20 Å². The van der Waals surface area contributed by atoms with Crippen molar-refractivity contribution in [3.8, 4) is 0 Å². The lowest BCUT2D eigenvalue weighted by atomic mass is 9.75. The van der Waals surface area contributed by atoms with Gasteiger partial charge in [-0.15, -0.1) is 11.6 Å². The van der Waals surface area contributed by atoms with Crippen LogP contribution in [0.5, 0.6) is 0 Å². The number of nitrogens with zero attached hydrogens (tertiary/aromatic N) is 3. The van der Waals surface area contributed by atoms with Gasteiger partial charge in [0.05, 0.1) is 17.8 Å². The Morgan fingerprint density at radius 3 is 2.50 bits per heavy atom. The number of halogens is 1. The summed E-state index contributed by atoms with van der Waals surface area (Å²) in [6.45, 7) is 9.15. The van der Waals surface area contributed by atoms with Gasteiger partial charge >= 0.3 is 0 Å². The van der Waals surface area contributed by atoms with Crippen LogP contribution in [0.3, 0.4) is 0 Å². The molecule has 0 spiro atoms. The van der Waals surface area contributed by atoms with Gasteiger partial charge in [-0.2, -0.15) is 0 Å². The van der Waals surface area contributed by atoms with Crippen LogP contribution >= 0.6 is 11.6 Å². The van der Waals surface area contributed by atoms with Crippen molar-refractivity contribution in [1.29, 1.82) is 0 Å². The molecule has 4 heteroatoms. The lowest BCUT2D eigenvalue weighted by Crippen LogP contribution is -2.38. The quantitative estimate of drug-likeness (QED) is 0.769. The average molecular weight is 268 g/mol. The lowest BCUT2D eigenvalue weighted by molar-refractivity contribution is 0.198. The molecule has 3 nitrogen and oxygen atoms in total. The number of alkyl halides is 1. The Kier molecular flexibility index (Phi) is 4.10. The van der Waals surface area contributed by atoms with Gasteiger partial charge in [-0.1, -0.05) is 20.8 Å². The third-order valence-corrected chi connectivity index (χ3v) is 4.13. The van der Waals surface area contributed by atoms with Crippen molar-refractivity contribution in [2.24, 2.45) is 11.3 Å². The number of hydrogen-bond donors (Lipinski definition) is 0. The van der Waals surface area contributed by atoms with E-state index in [1.54, 1.807) is 6.20 Å². The highest BCUT2D eigenvalue weighted by atomic mass is 35.5. The first-order chi connectivity index (χ1) is 8.50. The fourth-order valence-corrected chi connectivity index (χ4v) is 2.71. The van der Waals surface area contributed by atoms with Crippen LogP contribution in [0.1, 0.15) is 39.3 Å². The van der Waals surface area contributed by atoms with E-state index >= 15 is 0 Å². The minimum absolute atomic E-state index is 0.412. The molecular formula is C14H22ClN3. The minimum atomic E-state index is 0.412. The molecule has 2 heterocycles. The van der Waals surface area contributed by atoms with Gasteiger partial charge in [0.25, 0.3) is 0 Å². The summed E-state index contributed by atoms with van der Waals surface area (Å²) < 4.78 is 0. The van der Waals surface area contributed by atoms with Crippen molar-refractivity contribution in [3.05, 3.63) is 18.1 Å². The zero-order chi connectivity index (χ0) is 13.2. The predicted molar refractivity (Wildman–Crippen MR) is 76.0 cm³/mol. The molecule has 1 aliphatic heterocycles. The van der Waals surface area contributed by atoms with Crippen LogP contribution in [0.25, 0.3) is 0 Å². The third-order valence-electron chi connectivity index (χ3n) is 3.85. The summed E-state index contributed by atoms with van der Waals surface area (Å²) in [5.41, 5.74) is 1.27. The Bertz CT molecular complexity index is 392. The molecule has 0 bridgehead atoms. The SMILES string of the molecule is CC(C)(C)C1CCN(c2cncc(CCl)n2)CC1. The molecule has 1 fully saturated rings. The largest absolute Gasteiger partial charge is 0.355 e. The van der Waals surface area contributed by atoms with Gasteiger partial charge in [-0.25, -0.2) is 4.98 Å². The first-order valence-electron chi connectivity index (χ1n) is 6.62. The van der Waals surface area contributed by atoms with Gasteiger partial charge in [0.1, 0.15) is 5.82 Å². The van der Waals surface area contributed by atoms with Crippen LogP contribution in [0.2, 0.25) is 0 Å². The maximum Gasteiger partial charge on any atom is 0.147 e. The summed E-state index contributed by atoms with van der Waals surface area (Å²) in [6, 6.07) is 0. The molecule has 1 aliphatic rings. The summed E-state index contributed by atoms with van der Waals surface area (Å²) >= 11 is 5.80. The summed E-state index contributed by atoms with van der Waals surface area (Å²) in [4.78, 5) is 11.1. The predicted octanol–water partition coefficient (Wildman–Crippen LogP) is 3.48. The highest BCUT2D eigenvalue weighted by Gasteiger charge is 2.29. The number of aromatic nitrogens is 2. The van der Waals surface area contributed by atoms with Crippen molar-refractivity contribution in [2.45, 2.75) is 39.5 Å². The number of hydrogen-bond acceptors (Lipinski definition) is 3. The van der Waals surface area contributed by atoms with Crippen LogP contribution in [0.4, 0.5) is 5.82 Å². The Balaban J connectivity index is 2.01. The fourth-order valence-electron chi connectivity index (χ4n) is 2.59. The summed E-state index contributed by atoms with van der Waals surface area (Å²) in [5, 5.41) is 0. The van der Waals surface area contributed by atoms with Crippen LogP contribution in [-0.4, -0.2) is 23.1 Å². The Morgan fingerprint density at radius 1 is 1.28 bits per heavy atom. The van der Waals surface area contributed by atoms with E-state index in [2.05, 4.69) is 35.6 Å². The summed E-state index contributed by atoms with van der Waals surface area (Å²) in [6.07, 6.45) is 6.04. The molecule has 100 valence electrons. The molecule has 1 saturated heterocycles. The van der Waals surface area contributed by atoms with Crippen LogP contribution in [-0.2, 0) is 5.88 Å². The molecule has 18 heavy (non-hydrogen) atoms. The maximum atomic E-state index is 5.80. The second kappa shape index (κ2) is 5.43. The highest BCUT2D eigenvalue weighted by Crippen LogP contribution is 2.35. The van der Waals surface area contributed by atoms with Crippen LogP contribution < -0.4 is 4.90 Å². The van der Waals surface area contributed by atoms with Crippen molar-refractivity contribution < 1.29 is 0 Å². The Hall–Kier alpha value is -0.830. The van der Waals surface area contributed by atoms with E-state index in [9.17, 15) is 0 Å². The summed E-state index contributed by atoms with van der Waals surface area (Å²) in [7, 11) is 0. The molecule has 0 saturated carbocycles. The smallest absolute Gasteiger partial charge is 0.147 e. The monoisotopic (exact) mass is 267 g/mol. The number of piperidine rings is 1. The van der Waals surface area contributed by atoms with Crippen molar-refractivity contribution in [2.75, 3.05) is 18.0 Å². The number of rotatable bonds is 2. The normalized spacial score (nSPS) is 18.1. The molecule has 0 aromatic carbocycles. The molecular weight excluding hydrogens is 246 g/mol. The maximum absolute atomic E-state index is 5.80. The fraction of sp³-hybridized carbons (Fsp3) is 0.714. The topological polar surface area (TPSA) is 29.0 Å². The molecule has 0 N–H and O–H groups in total. The second-order valence-corrected chi connectivity index (χ2v) is 6.40. The van der Waals surface area contributed by atoms with E-state index in [0.717, 1.165) is 30.5 Å². The Labute approximate surface area is 115 Å². The number of anilines is 1. The van der Waals surface area contributed by atoms with Crippen LogP contribution in [0, 0.1) is 11.3 Å². The third kappa shape index (κ3) is 3.14. The molecule has 0 amide bonds. The van der Waals surface area contributed by atoms with E-state index in [-0.39, 0.29) is 0 Å². The molecule has 1 aromatic rings. The van der Waals surface area contributed by atoms with Crippen molar-refractivity contribution in [3.63, 3.8) is 0 Å². The minimum Gasteiger partial charge on any atom is -0.355 e. The van der Waals surface area contributed by atoms with Crippen LogP contribution in [0.15, 0.2) is 12.4 Å². The van der Waals surface area contributed by atoms with Gasteiger partial charge in [0.2, 0.25) is 0 Å². The summed E-state index contributed by atoms with van der Waals surface area (Å²) in [5.74, 6) is 2.21. The van der Waals surface area contributed by atoms with Gasteiger partial charge in [-0.3, -0.25) is 4.98 Å². The van der Waals surface area contributed by atoms with E-state index in [4.69, 9.17) is 11.6 Å². The molecule has 1 aromatic heterocycles. The molecule has 2 rings (SSSR count). The second-order valence-electron chi connectivity index (χ2n) is 6.13.